The number of hydrogen-bond acceptors (Lipinski definition) is 6. The normalized spacial score (nSPS) is 21.6. The lowest BCUT2D eigenvalue weighted by Crippen LogP contribution is -2.70. The van der Waals surface area contributed by atoms with E-state index in [2.05, 4.69) is 5.32 Å². The van der Waals surface area contributed by atoms with Gasteiger partial charge in [0, 0.05) is 15.7 Å². The highest BCUT2D eigenvalue weighted by Crippen LogP contribution is 2.40. The van der Waals surface area contributed by atoms with Crippen molar-refractivity contribution in [2.75, 3.05) is 18.1 Å². The van der Waals surface area contributed by atoms with Crippen LogP contribution in [0.15, 0.2) is 34.4 Å². The summed E-state index contributed by atoms with van der Waals surface area (Å²) in [6, 6.07) is 4.13. The quantitative estimate of drug-likeness (QED) is 0.449. The lowest BCUT2D eigenvalue weighted by molar-refractivity contribution is -0.150. The first-order valence-corrected chi connectivity index (χ1v) is 10.5. The van der Waals surface area contributed by atoms with Crippen LogP contribution in [0.3, 0.4) is 0 Å². The SMILES string of the molecule is O=C(CSc1cc(Cl)ccc1Cl)NC1C(=O)N2C(C(=O)O)=C(CO)CS[C@H]12. The van der Waals surface area contributed by atoms with E-state index in [0.29, 0.717) is 14.9 Å². The summed E-state index contributed by atoms with van der Waals surface area (Å²) in [7, 11) is 0. The Labute approximate surface area is 173 Å². The number of hydrogen-bond donors (Lipinski definition) is 3. The average Bonchev–Trinajstić information content (AvgIpc) is 2.65. The molecule has 11 heteroatoms. The van der Waals surface area contributed by atoms with Crippen LogP contribution in [-0.4, -0.2) is 62.4 Å². The molecule has 2 atom stereocenters. The van der Waals surface area contributed by atoms with E-state index in [0.717, 1.165) is 4.90 Å². The van der Waals surface area contributed by atoms with Gasteiger partial charge in [-0.15, -0.1) is 23.5 Å². The number of halogens is 2. The molecule has 2 aliphatic heterocycles. The van der Waals surface area contributed by atoms with E-state index in [1.807, 2.05) is 0 Å². The van der Waals surface area contributed by atoms with Gasteiger partial charge in [-0.05, 0) is 23.8 Å². The molecule has 7 nitrogen and oxygen atoms in total. The summed E-state index contributed by atoms with van der Waals surface area (Å²) >= 11 is 14.5. The van der Waals surface area contributed by atoms with Crippen molar-refractivity contribution < 1.29 is 24.6 Å². The molecule has 0 aliphatic carbocycles. The number of thioether (sulfide) groups is 2. The van der Waals surface area contributed by atoms with Crippen LogP contribution in [0.2, 0.25) is 10.0 Å². The van der Waals surface area contributed by atoms with Crippen LogP contribution in [0.5, 0.6) is 0 Å². The predicted molar refractivity (Wildman–Crippen MR) is 104 cm³/mol. The fourth-order valence-electron chi connectivity index (χ4n) is 2.75. The molecule has 144 valence electrons. The summed E-state index contributed by atoms with van der Waals surface area (Å²) in [5.41, 5.74) is 0.0878. The van der Waals surface area contributed by atoms with E-state index in [4.69, 9.17) is 23.2 Å². The molecule has 2 heterocycles. The molecule has 0 bridgehead atoms. The van der Waals surface area contributed by atoms with E-state index in [9.17, 15) is 24.6 Å². The third-order valence-electron chi connectivity index (χ3n) is 4.01. The Morgan fingerprint density at radius 3 is 2.78 bits per heavy atom. The highest BCUT2D eigenvalue weighted by molar-refractivity contribution is 8.00. The van der Waals surface area contributed by atoms with Crippen molar-refractivity contribution in [3.05, 3.63) is 39.5 Å². The summed E-state index contributed by atoms with van der Waals surface area (Å²) in [6.45, 7) is -0.431. The van der Waals surface area contributed by atoms with Gasteiger partial charge in [-0.25, -0.2) is 4.79 Å². The number of nitrogens with zero attached hydrogens (tertiary/aromatic N) is 1. The third kappa shape index (κ3) is 4.07. The van der Waals surface area contributed by atoms with Gasteiger partial charge in [-0.1, -0.05) is 23.2 Å². The highest BCUT2D eigenvalue weighted by Gasteiger charge is 2.54. The predicted octanol–water partition coefficient (Wildman–Crippen LogP) is 1.82. The maximum absolute atomic E-state index is 12.4. The second kappa shape index (κ2) is 8.32. The molecule has 27 heavy (non-hydrogen) atoms. The van der Waals surface area contributed by atoms with Crippen molar-refractivity contribution in [3.8, 4) is 0 Å². The molecule has 3 N–H and O–H groups in total. The number of carboxylic acid groups (broad SMARTS) is 1. The summed E-state index contributed by atoms with van der Waals surface area (Å²) in [4.78, 5) is 37.8. The number of β-lactam (4-membered cyclic amide) rings is 1. The van der Waals surface area contributed by atoms with Gasteiger partial charge in [-0.2, -0.15) is 0 Å². The van der Waals surface area contributed by atoms with Crippen molar-refractivity contribution in [2.24, 2.45) is 0 Å². The number of nitrogens with one attached hydrogen (secondary N) is 1. The molecule has 1 aromatic carbocycles. The standard InChI is InChI=1S/C16H14Cl2N2O5S2/c17-8-1-2-9(18)10(3-8)26-6-11(22)19-12-14(23)20-13(16(24)25)7(4-21)5-27-15(12)20/h1-3,12,15,21H,4-6H2,(H,19,22)(H,24,25)/t12?,15-/m1/s1. The van der Waals surface area contributed by atoms with E-state index >= 15 is 0 Å². The van der Waals surface area contributed by atoms with Crippen LogP contribution >= 0.6 is 46.7 Å². The molecule has 0 aromatic heterocycles. The molecule has 3 rings (SSSR count). The first-order valence-electron chi connectivity index (χ1n) is 7.71. The Balaban J connectivity index is 1.62. The van der Waals surface area contributed by atoms with E-state index in [-0.39, 0.29) is 28.7 Å². The Morgan fingerprint density at radius 2 is 2.11 bits per heavy atom. The minimum Gasteiger partial charge on any atom is -0.477 e. The summed E-state index contributed by atoms with van der Waals surface area (Å²) < 4.78 is 0. The Morgan fingerprint density at radius 1 is 1.37 bits per heavy atom. The minimum atomic E-state index is -1.27. The molecule has 0 radical (unpaired) electrons. The fourth-order valence-corrected chi connectivity index (χ4v) is 5.39. The number of carboxylic acids is 1. The van der Waals surface area contributed by atoms with Crippen LogP contribution in [0.1, 0.15) is 0 Å². The van der Waals surface area contributed by atoms with Crippen LogP contribution < -0.4 is 5.32 Å². The number of rotatable bonds is 6. The van der Waals surface area contributed by atoms with E-state index < -0.39 is 29.9 Å². The van der Waals surface area contributed by atoms with Gasteiger partial charge in [-0.3, -0.25) is 14.5 Å². The second-order valence-corrected chi connectivity index (χ2v) is 8.70. The smallest absolute Gasteiger partial charge is 0.352 e. The van der Waals surface area contributed by atoms with Gasteiger partial charge in [0.2, 0.25) is 5.91 Å². The zero-order valence-electron chi connectivity index (χ0n) is 13.6. The van der Waals surface area contributed by atoms with Crippen LogP contribution in [-0.2, 0) is 14.4 Å². The fraction of sp³-hybridized carbons (Fsp3) is 0.312. The molecule has 1 fully saturated rings. The Bertz CT molecular complexity index is 848. The number of amides is 2. The topological polar surface area (TPSA) is 107 Å². The monoisotopic (exact) mass is 448 g/mol. The first-order chi connectivity index (χ1) is 12.8. The van der Waals surface area contributed by atoms with Crippen molar-refractivity contribution in [1.29, 1.82) is 0 Å². The van der Waals surface area contributed by atoms with Crippen molar-refractivity contribution in [3.63, 3.8) is 0 Å². The van der Waals surface area contributed by atoms with Crippen molar-refractivity contribution in [1.82, 2.24) is 10.2 Å². The number of benzene rings is 1. The van der Waals surface area contributed by atoms with Gasteiger partial charge < -0.3 is 15.5 Å². The maximum atomic E-state index is 12.4. The molecule has 0 spiro atoms. The molecule has 2 aliphatic rings. The number of carbonyl (C=O) groups excluding carboxylic acids is 2. The number of aliphatic hydroxyl groups excluding tert-OH is 1. The third-order valence-corrected chi connectivity index (χ3v) is 7.08. The van der Waals surface area contributed by atoms with Gasteiger partial charge in [0.1, 0.15) is 17.1 Å². The summed E-state index contributed by atoms with van der Waals surface area (Å²) in [5, 5.41) is 21.7. The average molecular weight is 449 g/mol. The molecule has 1 saturated heterocycles. The summed E-state index contributed by atoms with van der Waals surface area (Å²) in [5.74, 6) is -1.83. The van der Waals surface area contributed by atoms with E-state index in [1.165, 1.54) is 23.5 Å². The molecular weight excluding hydrogens is 435 g/mol. The lowest BCUT2D eigenvalue weighted by atomic mass is 10.0. The van der Waals surface area contributed by atoms with Gasteiger partial charge in [0.15, 0.2) is 0 Å². The largest absolute Gasteiger partial charge is 0.477 e. The first kappa shape index (κ1) is 20.3. The Hall–Kier alpha value is -1.39. The zero-order chi connectivity index (χ0) is 19.7. The maximum Gasteiger partial charge on any atom is 0.352 e. The van der Waals surface area contributed by atoms with Crippen molar-refractivity contribution >= 4 is 64.5 Å². The van der Waals surface area contributed by atoms with Crippen molar-refractivity contribution in [2.45, 2.75) is 16.3 Å². The zero-order valence-corrected chi connectivity index (χ0v) is 16.8. The number of carbonyl (C=O) groups is 3. The molecule has 0 saturated carbocycles. The lowest BCUT2D eigenvalue weighted by Gasteiger charge is -2.49. The van der Waals surface area contributed by atoms with Gasteiger partial charge in [0.25, 0.3) is 5.91 Å². The van der Waals surface area contributed by atoms with Gasteiger partial charge in [0.05, 0.1) is 17.4 Å². The van der Waals surface area contributed by atoms with E-state index in [1.54, 1.807) is 18.2 Å². The number of aliphatic hydroxyl groups is 1. The number of fused-ring (bicyclic) bond motifs is 1. The second-order valence-electron chi connectivity index (χ2n) is 5.73. The van der Waals surface area contributed by atoms with Crippen LogP contribution in [0, 0.1) is 0 Å². The summed E-state index contributed by atoms with van der Waals surface area (Å²) in [6.07, 6.45) is 0. The molecule has 2 amide bonds. The molecule has 1 aromatic rings. The Kier molecular flexibility index (Phi) is 6.27. The molecule has 1 unspecified atom stereocenters. The molecular formula is C16H14Cl2N2O5S2. The minimum absolute atomic E-state index is 0.0325. The van der Waals surface area contributed by atoms with Crippen LogP contribution in [0.25, 0.3) is 0 Å². The highest BCUT2D eigenvalue weighted by atomic mass is 35.5. The van der Waals surface area contributed by atoms with Gasteiger partial charge >= 0.3 is 5.97 Å². The van der Waals surface area contributed by atoms with Crippen LogP contribution in [0.4, 0.5) is 0 Å². The number of aliphatic carboxylic acids is 1.